The quantitative estimate of drug-likeness (QED) is 0.619. The number of anilines is 1. The number of hydrogen-bond acceptors (Lipinski definition) is 4. The molecule has 0 aliphatic carbocycles. The van der Waals surface area contributed by atoms with Crippen molar-refractivity contribution in [3.63, 3.8) is 0 Å². The Morgan fingerprint density at radius 3 is 2.69 bits per heavy atom. The van der Waals surface area contributed by atoms with Crippen molar-refractivity contribution in [1.29, 1.82) is 0 Å². The van der Waals surface area contributed by atoms with Crippen molar-refractivity contribution in [2.45, 2.75) is 17.7 Å². The molecule has 1 aliphatic rings. The Morgan fingerprint density at radius 1 is 1.10 bits per heavy atom. The van der Waals surface area contributed by atoms with Crippen molar-refractivity contribution in [2.75, 3.05) is 18.4 Å². The number of carbonyl (C=O) groups excluding carboxylic acids is 1. The maximum absolute atomic E-state index is 13.0. The fraction of sp³-hybridized carbons (Fsp3) is 0.238. The zero-order chi connectivity index (χ0) is 20.4. The van der Waals surface area contributed by atoms with Crippen molar-refractivity contribution in [2.24, 2.45) is 5.92 Å². The molecular weight excluding hydrogens is 454 g/mol. The van der Waals surface area contributed by atoms with Gasteiger partial charge in [-0.25, -0.2) is 8.42 Å². The van der Waals surface area contributed by atoms with E-state index in [9.17, 15) is 13.2 Å². The fourth-order valence-electron chi connectivity index (χ4n) is 3.58. The van der Waals surface area contributed by atoms with Crippen molar-refractivity contribution >= 4 is 48.5 Å². The van der Waals surface area contributed by atoms with Crippen LogP contribution in [0.5, 0.6) is 0 Å². The molecular formula is C21H20BrN3O3S. The highest BCUT2D eigenvalue weighted by Crippen LogP contribution is 2.27. The van der Waals surface area contributed by atoms with Crippen LogP contribution in [0.1, 0.15) is 12.8 Å². The number of nitrogens with one attached hydrogen (secondary N) is 1. The molecule has 6 nitrogen and oxygen atoms in total. The predicted octanol–water partition coefficient (Wildman–Crippen LogP) is 4.04. The second-order valence-corrected chi connectivity index (χ2v) is 9.87. The first kappa shape index (κ1) is 20.0. The first-order chi connectivity index (χ1) is 13.9. The Hall–Kier alpha value is -2.29. The molecule has 0 radical (unpaired) electrons. The van der Waals surface area contributed by atoms with Gasteiger partial charge >= 0.3 is 0 Å². The van der Waals surface area contributed by atoms with Gasteiger partial charge in [-0.1, -0.05) is 22.0 Å². The van der Waals surface area contributed by atoms with E-state index in [2.05, 4.69) is 26.2 Å². The lowest BCUT2D eigenvalue weighted by Crippen LogP contribution is -2.43. The molecule has 1 saturated heterocycles. The number of fused-ring (bicyclic) bond motifs is 1. The topological polar surface area (TPSA) is 79.4 Å². The van der Waals surface area contributed by atoms with E-state index < -0.39 is 15.9 Å². The number of carbonyl (C=O) groups is 1. The number of nitrogens with zero attached hydrogens (tertiary/aromatic N) is 2. The van der Waals surface area contributed by atoms with E-state index in [0.717, 1.165) is 15.4 Å². The molecule has 0 unspecified atom stereocenters. The van der Waals surface area contributed by atoms with Gasteiger partial charge in [-0.2, -0.15) is 4.31 Å². The summed E-state index contributed by atoms with van der Waals surface area (Å²) in [6, 6.07) is 15.9. The summed E-state index contributed by atoms with van der Waals surface area (Å²) in [7, 11) is -3.63. The second-order valence-electron chi connectivity index (χ2n) is 7.02. The molecule has 0 bridgehead atoms. The monoisotopic (exact) mass is 473 g/mol. The van der Waals surface area contributed by atoms with Crippen LogP contribution in [0.15, 0.2) is 70.2 Å². The van der Waals surface area contributed by atoms with Crippen LogP contribution in [-0.2, 0) is 14.8 Å². The number of aromatic nitrogens is 1. The van der Waals surface area contributed by atoms with Crippen LogP contribution >= 0.6 is 15.9 Å². The minimum absolute atomic E-state index is 0.169. The molecule has 0 saturated carbocycles. The highest BCUT2D eigenvalue weighted by molar-refractivity contribution is 9.10. The van der Waals surface area contributed by atoms with Gasteiger partial charge in [0.25, 0.3) is 0 Å². The zero-order valence-corrected chi connectivity index (χ0v) is 18.0. The maximum Gasteiger partial charge on any atom is 0.243 e. The molecule has 1 fully saturated rings. The number of piperidine rings is 1. The van der Waals surface area contributed by atoms with Crippen molar-refractivity contribution in [3.8, 4) is 0 Å². The van der Waals surface area contributed by atoms with Crippen molar-refractivity contribution in [3.05, 3.63) is 65.3 Å². The van der Waals surface area contributed by atoms with E-state index >= 15 is 0 Å². The lowest BCUT2D eigenvalue weighted by Gasteiger charge is -2.31. The third-order valence-corrected chi connectivity index (χ3v) is 7.52. The van der Waals surface area contributed by atoms with E-state index in [-0.39, 0.29) is 17.3 Å². The smallest absolute Gasteiger partial charge is 0.243 e. The van der Waals surface area contributed by atoms with Crippen LogP contribution in [0.2, 0.25) is 0 Å². The summed E-state index contributed by atoms with van der Waals surface area (Å²) in [6.45, 7) is 0.591. The fourth-order valence-corrected chi connectivity index (χ4v) is 5.37. The molecule has 29 heavy (non-hydrogen) atoms. The normalized spacial score (nSPS) is 17.9. The molecule has 8 heteroatoms. The van der Waals surface area contributed by atoms with Crippen LogP contribution in [0.3, 0.4) is 0 Å². The number of rotatable bonds is 4. The minimum atomic E-state index is -3.63. The van der Waals surface area contributed by atoms with Crippen molar-refractivity contribution < 1.29 is 13.2 Å². The summed E-state index contributed by atoms with van der Waals surface area (Å²) in [6.07, 6.45) is 3.01. The first-order valence-electron chi connectivity index (χ1n) is 9.35. The summed E-state index contributed by atoms with van der Waals surface area (Å²) in [5, 5.41) is 3.83. The molecule has 2 heterocycles. The van der Waals surface area contributed by atoms with Gasteiger partial charge in [-0.3, -0.25) is 9.78 Å². The molecule has 3 aromatic rings. The summed E-state index contributed by atoms with van der Waals surface area (Å²) in [4.78, 5) is 17.4. The Bertz CT molecular complexity index is 1140. The van der Waals surface area contributed by atoms with Crippen LogP contribution in [0, 0.1) is 5.92 Å². The average Bonchev–Trinajstić information content (AvgIpc) is 2.74. The van der Waals surface area contributed by atoms with Gasteiger partial charge in [0.15, 0.2) is 0 Å². The van der Waals surface area contributed by atoms with Crippen LogP contribution in [0.4, 0.5) is 5.69 Å². The number of sulfonamides is 1. The molecule has 1 atom stereocenters. The molecule has 150 valence electrons. The summed E-state index contributed by atoms with van der Waals surface area (Å²) < 4.78 is 28.2. The summed E-state index contributed by atoms with van der Waals surface area (Å²) >= 11 is 3.32. The molecule has 2 aromatic carbocycles. The van der Waals surface area contributed by atoms with Gasteiger partial charge in [-0.15, -0.1) is 0 Å². The number of benzene rings is 2. The lowest BCUT2D eigenvalue weighted by atomic mass is 9.98. The molecule has 1 N–H and O–H groups in total. The third kappa shape index (κ3) is 4.19. The maximum atomic E-state index is 13.0. The molecule has 4 rings (SSSR count). The highest BCUT2D eigenvalue weighted by Gasteiger charge is 2.33. The van der Waals surface area contributed by atoms with Gasteiger partial charge in [-0.05, 0) is 61.4 Å². The first-order valence-corrected chi connectivity index (χ1v) is 11.6. The van der Waals surface area contributed by atoms with E-state index in [4.69, 9.17) is 0 Å². The van der Waals surface area contributed by atoms with Crippen molar-refractivity contribution in [1.82, 2.24) is 9.29 Å². The summed E-state index contributed by atoms with van der Waals surface area (Å²) in [5.41, 5.74) is 1.49. The van der Waals surface area contributed by atoms with E-state index in [0.29, 0.717) is 25.1 Å². The zero-order valence-electron chi connectivity index (χ0n) is 15.6. The molecule has 1 aromatic heterocycles. The average molecular weight is 474 g/mol. The predicted molar refractivity (Wildman–Crippen MR) is 116 cm³/mol. The van der Waals surface area contributed by atoms with Crippen LogP contribution in [-0.4, -0.2) is 36.7 Å². The Kier molecular flexibility index (Phi) is 5.67. The van der Waals surface area contributed by atoms with E-state index in [1.807, 2.05) is 30.3 Å². The lowest BCUT2D eigenvalue weighted by molar-refractivity contribution is -0.120. The molecule has 0 spiro atoms. The number of amides is 1. The van der Waals surface area contributed by atoms with E-state index in [1.54, 1.807) is 30.5 Å². The molecule has 1 aliphatic heterocycles. The molecule has 1 amide bonds. The third-order valence-electron chi connectivity index (χ3n) is 5.11. The highest BCUT2D eigenvalue weighted by atomic mass is 79.9. The minimum Gasteiger partial charge on any atom is -0.325 e. The Balaban J connectivity index is 1.52. The van der Waals surface area contributed by atoms with Crippen LogP contribution in [0.25, 0.3) is 10.9 Å². The SMILES string of the molecule is O=C(Nc1cccc2ncccc12)[C@H]1CCCN(S(=O)(=O)c2ccc(Br)cc2)C1. The van der Waals surface area contributed by atoms with Gasteiger partial charge in [0.2, 0.25) is 15.9 Å². The van der Waals surface area contributed by atoms with Gasteiger partial charge < -0.3 is 5.32 Å². The van der Waals surface area contributed by atoms with Gasteiger partial charge in [0.05, 0.1) is 22.0 Å². The number of halogens is 1. The van der Waals surface area contributed by atoms with E-state index in [1.165, 1.54) is 4.31 Å². The van der Waals surface area contributed by atoms with Gasteiger partial charge in [0, 0.05) is 29.1 Å². The summed E-state index contributed by atoms with van der Waals surface area (Å²) in [5.74, 6) is -0.571. The standard InChI is InChI=1S/C21H20BrN3O3S/c22-16-8-10-17(11-9-16)29(27,28)25-13-3-4-15(14-25)21(26)24-20-7-1-6-19-18(20)5-2-12-23-19/h1-2,5-12,15H,3-4,13-14H2,(H,24,26)/t15-/m0/s1. The van der Waals surface area contributed by atoms with Crippen LogP contribution < -0.4 is 5.32 Å². The Morgan fingerprint density at radius 2 is 1.90 bits per heavy atom. The Labute approximate surface area is 178 Å². The van der Waals surface area contributed by atoms with Gasteiger partial charge in [0.1, 0.15) is 0 Å². The second kappa shape index (κ2) is 8.22. The number of pyridine rings is 1. The largest absolute Gasteiger partial charge is 0.325 e. The number of hydrogen-bond donors (Lipinski definition) is 1.